The van der Waals surface area contributed by atoms with Crippen molar-refractivity contribution in [1.29, 1.82) is 0 Å². The SMILES string of the molecule is CCOc1ccc(-n2c(CNC(=O)c3cccc(C)c3)nnc2SCC(=O)N2N=C(c3cccs3)CC2c2cccc(OC)c2OC)cc1. The number of nitrogens with zero attached hydrogens (tertiary/aromatic N) is 5. The molecule has 0 fully saturated rings. The third kappa shape index (κ3) is 7.47. The predicted octanol–water partition coefficient (Wildman–Crippen LogP) is 6.45. The van der Waals surface area contributed by atoms with Crippen molar-refractivity contribution in [3.05, 3.63) is 112 Å². The van der Waals surface area contributed by atoms with Crippen LogP contribution in [0.25, 0.3) is 5.69 Å². The highest BCUT2D eigenvalue weighted by molar-refractivity contribution is 7.99. The van der Waals surface area contributed by atoms with Gasteiger partial charge in [0.1, 0.15) is 5.75 Å². The third-order valence-electron chi connectivity index (χ3n) is 7.88. The number of aryl methyl sites for hydroxylation is 1. The van der Waals surface area contributed by atoms with Crippen molar-refractivity contribution < 1.29 is 23.8 Å². The number of amides is 2. The molecule has 13 heteroatoms. The number of para-hydroxylation sites is 1. The van der Waals surface area contributed by atoms with Crippen molar-refractivity contribution >= 4 is 40.6 Å². The largest absolute Gasteiger partial charge is 0.494 e. The van der Waals surface area contributed by atoms with Crippen LogP contribution >= 0.6 is 23.1 Å². The van der Waals surface area contributed by atoms with Gasteiger partial charge in [-0.05, 0) is 67.8 Å². The molecule has 0 saturated carbocycles. The van der Waals surface area contributed by atoms with E-state index in [0.29, 0.717) is 41.1 Å². The number of thioether (sulfide) groups is 1. The number of benzene rings is 3. The lowest BCUT2D eigenvalue weighted by atomic mass is 9.99. The van der Waals surface area contributed by atoms with Crippen molar-refractivity contribution in [2.45, 2.75) is 38.0 Å². The first-order chi connectivity index (χ1) is 23.9. The highest BCUT2D eigenvalue weighted by atomic mass is 32.2. The second-order valence-corrected chi connectivity index (χ2v) is 13.0. The van der Waals surface area contributed by atoms with Crippen LogP contribution in [0.15, 0.2) is 94.5 Å². The monoisotopic (exact) mass is 696 g/mol. The summed E-state index contributed by atoms with van der Waals surface area (Å²) < 4.78 is 18.8. The summed E-state index contributed by atoms with van der Waals surface area (Å²) in [6.07, 6.45) is 0.521. The second-order valence-electron chi connectivity index (χ2n) is 11.1. The van der Waals surface area contributed by atoms with Gasteiger partial charge in [0.15, 0.2) is 22.5 Å². The van der Waals surface area contributed by atoms with Crippen molar-refractivity contribution in [2.24, 2.45) is 5.10 Å². The molecule has 0 radical (unpaired) electrons. The molecular formula is C36H36N6O5S2. The molecule has 0 saturated heterocycles. The molecule has 11 nitrogen and oxygen atoms in total. The number of thiophene rings is 1. The zero-order valence-corrected chi connectivity index (χ0v) is 29.2. The second kappa shape index (κ2) is 15.4. The smallest absolute Gasteiger partial charge is 0.253 e. The lowest BCUT2D eigenvalue weighted by Crippen LogP contribution is -2.29. The minimum Gasteiger partial charge on any atom is -0.494 e. The van der Waals surface area contributed by atoms with E-state index in [1.165, 1.54) is 11.8 Å². The van der Waals surface area contributed by atoms with Crippen LogP contribution in [0.4, 0.5) is 0 Å². The number of hydrazone groups is 1. The van der Waals surface area contributed by atoms with Crippen molar-refractivity contribution in [2.75, 3.05) is 26.6 Å². The molecular weight excluding hydrogens is 661 g/mol. The van der Waals surface area contributed by atoms with E-state index in [4.69, 9.17) is 19.3 Å². The molecule has 1 unspecified atom stereocenters. The number of methoxy groups -OCH3 is 2. The van der Waals surface area contributed by atoms with E-state index in [1.54, 1.807) is 36.6 Å². The van der Waals surface area contributed by atoms with E-state index < -0.39 is 6.04 Å². The molecule has 5 aromatic rings. The van der Waals surface area contributed by atoms with Crippen LogP contribution in [-0.4, -0.2) is 63.9 Å². The maximum atomic E-state index is 14.0. The Labute approximate surface area is 292 Å². The molecule has 6 rings (SSSR count). The zero-order valence-electron chi connectivity index (χ0n) is 27.6. The van der Waals surface area contributed by atoms with Gasteiger partial charge >= 0.3 is 0 Å². The molecule has 49 heavy (non-hydrogen) atoms. The molecule has 2 amide bonds. The quantitative estimate of drug-likeness (QED) is 0.140. The molecule has 2 aromatic heterocycles. The van der Waals surface area contributed by atoms with Crippen molar-refractivity contribution in [3.63, 3.8) is 0 Å². The normalized spacial score (nSPS) is 14.0. The zero-order chi connectivity index (χ0) is 34.3. The minimum absolute atomic E-state index is 0.0365. The third-order valence-corrected chi connectivity index (χ3v) is 9.71. The van der Waals surface area contributed by atoms with Crippen LogP contribution < -0.4 is 19.5 Å². The summed E-state index contributed by atoms with van der Waals surface area (Å²) in [5.41, 5.74) is 3.95. The highest BCUT2D eigenvalue weighted by Gasteiger charge is 2.36. The van der Waals surface area contributed by atoms with E-state index in [9.17, 15) is 9.59 Å². The number of carbonyl (C=O) groups excluding carboxylic acids is 2. The van der Waals surface area contributed by atoms with Gasteiger partial charge in [0.2, 0.25) is 0 Å². The summed E-state index contributed by atoms with van der Waals surface area (Å²) in [6, 6.07) is 24.1. The minimum atomic E-state index is -0.397. The molecule has 0 aliphatic carbocycles. The molecule has 3 aromatic carbocycles. The van der Waals surface area contributed by atoms with Gasteiger partial charge in [-0.2, -0.15) is 5.10 Å². The number of hydrogen-bond acceptors (Lipinski definition) is 10. The summed E-state index contributed by atoms with van der Waals surface area (Å²) in [5.74, 6) is 1.99. The van der Waals surface area contributed by atoms with Crippen LogP contribution in [-0.2, 0) is 11.3 Å². The summed E-state index contributed by atoms with van der Waals surface area (Å²) in [6.45, 7) is 4.54. The molecule has 1 atom stereocenters. The summed E-state index contributed by atoms with van der Waals surface area (Å²) in [7, 11) is 3.18. The maximum Gasteiger partial charge on any atom is 0.253 e. The molecule has 1 aliphatic heterocycles. The van der Waals surface area contributed by atoms with Gasteiger partial charge in [-0.3, -0.25) is 14.2 Å². The van der Waals surface area contributed by atoms with Crippen LogP contribution in [0.5, 0.6) is 17.2 Å². The van der Waals surface area contributed by atoms with Gasteiger partial charge in [0.05, 0.1) is 49.8 Å². The Bertz CT molecular complexity index is 1960. The fourth-order valence-electron chi connectivity index (χ4n) is 5.61. The molecule has 1 N–H and O–H groups in total. The first-order valence-electron chi connectivity index (χ1n) is 15.7. The van der Waals surface area contributed by atoms with E-state index in [0.717, 1.165) is 33.2 Å². The number of hydrogen-bond donors (Lipinski definition) is 1. The fraction of sp³-hybridized carbons (Fsp3) is 0.250. The number of aromatic nitrogens is 3. The Balaban J connectivity index is 1.27. The Hall–Kier alpha value is -5.14. The lowest BCUT2D eigenvalue weighted by Gasteiger charge is -2.24. The molecule has 0 spiro atoms. The molecule has 1 aliphatic rings. The lowest BCUT2D eigenvalue weighted by molar-refractivity contribution is -0.130. The van der Waals surface area contributed by atoms with Crippen LogP contribution in [0.2, 0.25) is 0 Å². The average molecular weight is 697 g/mol. The topological polar surface area (TPSA) is 120 Å². The summed E-state index contributed by atoms with van der Waals surface area (Å²) >= 11 is 2.83. The van der Waals surface area contributed by atoms with Crippen molar-refractivity contribution in [1.82, 2.24) is 25.1 Å². The van der Waals surface area contributed by atoms with Gasteiger partial charge in [-0.1, -0.05) is 47.7 Å². The van der Waals surface area contributed by atoms with Crippen LogP contribution in [0, 0.1) is 6.92 Å². The summed E-state index contributed by atoms with van der Waals surface area (Å²) in [5, 5.41) is 20.7. The van der Waals surface area contributed by atoms with Gasteiger partial charge in [-0.15, -0.1) is 21.5 Å². The van der Waals surface area contributed by atoms with E-state index >= 15 is 0 Å². The van der Waals surface area contributed by atoms with E-state index in [2.05, 4.69) is 15.5 Å². The molecule has 252 valence electrons. The summed E-state index contributed by atoms with van der Waals surface area (Å²) in [4.78, 5) is 28.0. The Kier molecular flexibility index (Phi) is 10.6. The number of nitrogens with one attached hydrogen (secondary N) is 1. The average Bonchev–Trinajstić information content (AvgIpc) is 3.90. The van der Waals surface area contributed by atoms with Gasteiger partial charge in [-0.25, -0.2) is 5.01 Å². The van der Waals surface area contributed by atoms with Crippen molar-refractivity contribution in [3.8, 4) is 22.9 Å². The Morgan fingerprint density at radius 3 is 2.53 bits per heavy atom. The predicted molar refractivity (Wildman–Crippen MR) is 190 cm³/mol. The number of rotatable bonds is 13. The van der Waals surface area contributed by atoms with E-state index in [1.807, 2.05) is 96.6 Å². The van der Waals surface area contributed by atoms with Gasteiger partial charge < -0.3 is 19.5 Å². The maximum absolute atomic E-state index is 14.0. The number of carbonyl (C=O) groups is 2. The number of ether oxygens (including phenoxy) is 3. The molecule has 0 bridgehead atoms. The van der Waals surface area contributed by atoms with Crippen LogP contribution in [0.1, 0.15) is 51.6 Å². The molecule has 3 heterocycles. The standard InChI is InChI=1S/C36H36N6O5S2/c1-5-47-26-16-14-25(15-17-26)41-32(21-37-35(44)24-10-6-9-23(2)19-24)38-39-36(41)49-22-33(43)42-29(20-28(40-42)31-13-8-18-48-31)27-11-7-12-30(45-3)34(27)46-4/h6-19,29H,5,20-22H2,1-4H3,(H,37,44). The van der Waals surface area contributed by atoms with Crippen LogP contribution in [0.3, 0.4) is 0 Å². The Morgan fingerprint density at radius 2 is 1.82 bits per heavy atom. The Morgan fingerprint density at radius 1 is 1.00 bits per heavy atom. The highest BCUT2D eigenvalue weighted by Crippen LogP contribution is 2.42. The van der Waals surface area contributed by atoms with E-state index in [-0.39, 0.29) is 24.1 Å². The first-order valence-corrected chi connectivity index (χ1v) is 17.6. The fourth-order valence-corrected chi connectivity index (χ4v) is 7.16. The van der Waals surface area contributed by atoms with Gasteiger partial charge in [0.25, 0.3) is 11.8 Å². The first kappa shape index (κ1) is 33.7. The van der Waals surface area contributed by atoms with Gasteiger partial charge in [0, 0.05) is 23.2 Å².